The van der Waals surface area contributed by atoms with E-state index < -0.39 is 0 Å². The normalized spacial score (nSPS) is 11.7. The molecule has 0 unspecified atom stereocenters. The van der Waals surface area contributed by atoms with Crippen molar-refractivity contribution in [3.63, 3.8) is 0 Å². The third kappa shape index (κ3) is 5.15. The third-order valence-electron chi connectivity index (χ3n) is 10.8. The Hall–Kier alpha value is -7.56. The first-order valence-electron chi connectivity index (χ1n) is 18.9. The highest BCUT2D eigenvalue weighted by Crippen LogP contribution is 2.53. The molecule has 0 fully saturated rings. The van der Waals surface area contributed by atoms with E-state index in [-0.39, 0.29) is 0 Å². The van der Waals surface area contributed by atoms with Crippen LogP contribution in [0.15, 0.2) is 211 Å². The second-order valence-corrected chi connectivity index (χ2v) is 14.1. The lowest BCUT2D eigenvalue weighted by molar-refractivity contribution is 0.487. The van der Waals surface area contributed by atoms with Crippen LogP contribution in [0.3, 0.4) is 0 Å². The van der Waals surface area contributed by atoms with Crippen LogP contribution in [0.2, 0.25) is 0 Å². The minimum atomic E-state index is 0.824. The van der Waals surface area contributed by atoms with E-state index in [4.69, 9.17) is 9.15 Å². The summed E-state index contributed by atoms with van der Waals surface area (Å²) < 4.78 is 13.6. The van der Waals surface area contributed by atoms with Crippen LogP contribution in [-0.4, -0.2) is 0 Å². The summed E-state index contributed by atoms with van der Waals surface area (Å²) in [5, 5.41) is 4.34. The van der Waals surface area contributed by atoms with Crippen LogP contribution in [0.5, 0.6) is 11.5 Å². The molecular formula is C52H34N2O2. The van der Waals surface area contributed by atoms with Crippen LogP contribution in [0.1, 0.15) is 0 Å². The molecule has 0 N–H and O–H groups in total. The molecular weight excluding hydrogens is 685 g/mol. The van der Waals surface area contributed by atoms with Crippen molar-refractivity contribution in [2.45, 2.75) is 0 Å². The SMILES string of the molecule is c1ccc(-c2ccccc2N(c2ccc3c4c(cccc24)Oc2cc(N(c4ccccc4)c4ccccc4)ccc2-3)c2cccc3c2oc2ccccc23)cc1. The molecule has 9 aromatic carbocycles. The molecule has 0 saturated carbocycles. The van der Waals surface area contributed by atoms with Crippen LogP contribution in [0, 0.1) is 0 Å². The Morgan fingerprint density at radius 3 is 1.77 bits per heavy atom. The molecule has 11 rings (SSSR count). The number of furan rings is 1. The van der Waals surface area contributed by atoms with Crippen molar-refractivity contribution >= 4 is 66.8 Å². The number of nitrogens with zero attached hydrogens (tertiary/aromatic N) is 2. The fourth-order valence-electron chi connectivity index (χ4n) is 8.37. The van der Waals surface area contributed by atoms with E-state index in [2.05, 4.69) is 192 Å². The highest BCUT2D eigenvalue weighted by atomic mass is 16.5. The van der Waals surface area contributed by atoms with Gasteiger partial charge in [0.05, 0.1) is 17.1 Å². The summed E-state index contributed by atoms with van der Waals surface area (Å²) in [5.41, 5.74) is 12.4. The summed E-state index contributed by atoms with van der Waals surface area (Å²) in [5.74, 6) is 1.65. The molecule has 0 spiro atoms. The number of rotatable bonds is 7. The summed E-state index contributed by atoms with van der Waals surface area (Å²) in [6.07, 6.45) is 0. The Balaban J connectivity index is 1.12. The van der Waals surface area contributed by atoms with Gasteiger partial charge in [-0.15, -0.1) is 0 Å². The van der Waals surface area contributed by atoms with Crippen molar-refractivity contribution in [1.82, 2.24) is 0 Å². The van der Waals surface area contributed by atoms with Gasteiger partial charge in [-0.05, 0) is 77.9 Å². The summed E-state index contributed by atoms with van der Waals surface area (Å²) in [4.78, 5) is 4.63. The largest absolute Gasteiger partial charge is 0.456 e. The Labute approximate surface area is 324 Å². The van der Waals surface area contributed by atoms with Gasteiger partial charge in [0.15, 0.2) is 5.58 Å². The van der Waals surface area contributed by atoms with E-state index in [1.807, 2.05) is 24.3 Å². The van der Waals surface area contributed by atoms with Gasteiger partial charge in [0.2, 0.25) is 0 Å². The van der Waals surface area contributed by atoms with Gasteiger partial charge in [-0.1, -0.05) is 133 Å². The zero-order valence-corrected chi connectivity index (χ0v) is 30.3. The van der Waals surface area contributed by atoms with E-state index >= 15 is 0 Å². The fraction of sp³-hybridized carbons (Fsp3) is 0. The minimum absolute atomic E-state index is 0.824. The molecule has 264 valence electrons. The smallest absolute Gasteiger partial charge is 0.159 e. The van der Waals surface area contributed by atoms with Crippen molar-refractivity contribution < 1.29 is 9.15 Å². The van der Waals surface area contributed by atoms with Crippen LogP contribution in [0.4, 0.5) is 34.1 Å². The van der Waals surface area contributed by atoms with Crippen molar-refractivity contribution in [3.8, 4) is 33.8 Å². The highest BCUT2D eigenvalue weighted by molar-refractivity contribution is 6.15. The first-order valence-corrected chi connectivity index (χ1v) is 18.9. The Morgan fingerprint density at radius 1 is 0.339 bits per heavy atom. The molecule has 2 heterocycles. The van der Waals surface area contributed by atoms with Crippen LogP contribution in [-0.2, 0) is 0 Å². The second kappa shape index (κ2) is 13.1. The predicted molar refractivity (Wildman–Crippen MR) is 232 cm³/mol. The average molecular weight is 719 g/mol. The lowest BCUT2D eigenvalue weighted by atomic mass is 9.92. The maximum Gasteiger partial charge on any atom is 0.159 e. The first-order chi connectivity index (χ1) is 27.8. The molecule has 56 heavy (non-hydrogen) atoms. The lowest BCUT2D eigenvalue weighted by Crippen LogP contribution is -2.13. The van der Waals surface area contributed by atoms with E-state index in [0.29, 0.717) is 0 Å². The van der Waals surface area contributed by atoms with Gasteiger partial charge < -0.3 is 19.0 Å². The number of hydrogen-bond donors (Lipinski definition) is 0. The topological polar surface area (TPSA) is 28.9 Å². The van der Waals surface area contributed by atoms with E-state index in [1.165, 1.54) is 0 Å². The van der Waals surface area contributed by atoms with Crippen LogP contribution in [0.25, 0.3) is 55.0 Å². The monoisotopic (exact) mass is 718 g/mol. The number of hydrogen-bond acceptors (Lipinski definition) is 4. The molecule has 1 aromatic heterocycles. The lowest BCUT2D eigenvalue weighted by Gasteiger charge is -2.31. The third-order valence-corrected chi connectivity index (χ3v) is 10.8. The van der Waals surface area contributed by atoms with Crippen LogP contribution < -0.4 is 14.5 Å². The molecule has 4 heteroatoms. The van der Waals surface area contributed by atoms with Crippen molar-refractivity contribution in [3.05, 3.63) is 206 Å². The predicted octanol–water partition coefficient (Wildman–Crippen LogP) is 15.1. The van der Waals surface area contributed by atoms with Gasteiger partial charge in [0.1, 0.15) is 17.1 Å². The zero-order chi connectivity index (χ0) is 37.0. The van der Waals surface area contributed by atoms with Gasteiger partial charge in [-0.3, -0.25) is 0 Å². The molecule has 0 bridgehead atoms. The highest BCUT2D eigenvalue weighted by Gasteiger charge is 2.28. The molecule has 0 aliphatic carbocycles. The van der Waals surface area contributed by atoms with E-state index in [9.17, 15) is 0 Å². The second-order valence-electron chi connectivity index (χ2n) is 14.1. The van der Waals surface area contributed by atoms with Gasteiger partial charge in [-0.2, -0.15) is 0 Å². The van der Waals surface area contributed by atoms with Crippen LogP contribution >= 0.6 is 0 Å². The van der Waals surface area contributed by atoms with Crippen molar-refractivity contribution in [2.75, 3.05) is 9.80 Å². The van der Waals surface area contributed by atoms with Gasteiger partial charge in [0, 0.05) is 55.8 Å². The molecule has 0 amide bonds. The van der Waals surface area contributed by atoms with Gasteiger partial charge in [0.25, 0.3) is 0 Å². The van der Waals surface area contributed by atoms with E-state index in [1.54, 1.807) is 0 Å². The van der Waals surface area contributed by atoms with Gasteiger partial charge in [-0.25, -0.2) is 0 Å². The molecule has 1 aliphatic rings. The zero-order valence-electron chi connectivity index (χ0n) is 30.3. The number of anilines is 6. The maximum atomic E-state index is 6.90. The molecule has 10 aromatic rings. The Morgan fingerprint density at radius 2 is 0.964 bits per heavy atom. The summed E-state index contributed by atoms with van der Waals surface area (Å²) in [6, 6.07) is 72.4. The molecule has 0 atom stereocenters. The van der Waals surface area contributed by atoms with Crippen molar-refractivity contribution in [1.29, 1.82) is 0 Å². The van der Waals surface area contributed by atoms with Gasteiger partial charge >= 0.3 is 0 Å². The molecule has 0 saturated heterocycles. The average Bonchev–Trinajstić information content (AvgIpc) is 3.65. The summed E-state index contributed by atoms with van der Waals surface area (Å²) >= 11 is 0. The first kappa shape index (κ1) is 31.9. The Bertz CT molecular complexity index is 3020. The fourth-order valence-corrected chi connectivity index (χ4v) is 8.37. The summed E-state index contributed by atoms with van der Waals surface area (Å²) in [6.45, 7) is 0. The number of fused-ring (bicyclic) bond motifs is 5. The number of benzene rings is 9. The molecule has 0 radical (unpaired) electrons. The number of para-hydroxylation sites is 5. The van der Waals surface area contributed by atoms with E-state index in [0.717, 1.165) is 101 Å². The molecule has 4 nitrogen and oxygen atoms in total. The quantitative estimate of drug-likeness (QED) is 0.164. The van der Waals surface area contributed by atoms with Crippen molar-refractivity contribution in [2.24, 2.45) is 0 Å². The summed E-state index contributed by atoms with van der Waals surface area (Å²) in [7, 11) is 0. The number of ether oxygens (including phenoxy) is 1. The standard InChI is InChI=1S/C52H34N2O2/c1-4-16-35(17-5-1)39-22-10-12-26-45(39)54(47-27-14-24-43-40-23-11-13-28-48(40)56-52(43)47)46-33-32-42-41-31-30-38(34-50(41)55-49-29-15-25-44(46)51(42)49)53(36-18-6-2-7-19-36)37-20-8-3-9-21-37/h1-34H. The Kier molecular flexibility index (Phi) is 7.46. The maximum absolute atomic E-state index is 6.90. The minimum Gasteiger partial charge on any atom is -0.456 e. The molecule has 1 aliphatic heterocycles.